The first-order valence-corrected chi connectivity index (χ1v) is 7.45. The number of hydrogen-bond acceptors (Lipinski definition) is 4. The second-order valence-electron chi connectivity index (χ2n) is 3.72. The Bertz CT molecular complexity index is 580. The van der Waals surface area contributed by atoms with Gasteiger partial charge in [0.1, 0.15) is 4.90 Å². The average Bonchev–Trinajstić information content (AvgIpc) is 2.86. The molecular formula is C10H13N3O2S2. The van der Waals surface area contributed by atoms with E-state index in [4.69, 9.17) is 0 Å². The van der Waals surface area contributed by atoms with Gasteiger partial charge in [-0.2, -0.15) is 16.4 Å². The van der Waals surface area contributed by atoms with Gasteiger partial charge in [0.15, 0.2) is 0 Å². The number of rotatable bonds is 4. The molecule has 0 fully saturated rings. The Balaban J connectivity index is 2.20. The minimum absolute atomic E-state index is 0.243. The summed E-state index contributed by atoms with van der Waals surface area (Å²) < 4.78 is 26.7. The highest BCUT2D eigenvalue weighted by molar-refractivity contribution is 7.89. The summed E-state index contributed by atoms with van der Waals surface area (Å²) in [6, 6.07) is 1.89. The molecule has 2 rings (SSSR count). The van der Waals surface area contributed by atoms with E-state index < -0.39 is 10.0 Å². The van der Waals surface area contributed by atoms with E-state index in [9.17, 15) is 8.42 Å². The van der Waals surface area contributed by atoms with E-state index in [0.717, 1.165) is 5.56 Å². The summed E-state index contributed by atoms with van der Waals surface area (Å²) in [4.78, 5) is 0.243. The van der Waals surface area contributed by atoms with Crippen LogP contribution in [0.5, 0.6) is 0 Å². The van der Waals surface area contributed by atoms with Crippen LogP contribution in [0.2, 0.25) is 0 Å². The highest BCUT2D eigenvalue weighted by atomic mass is 32.2. The van der Waals surface area contributed by atoms with Crippen molar-refractivity contribution in [1.82, 2.24) is 14.9 Å². The van der Waals surface area contributed by atoms with Gasteiger partial charge in [0.05, 0.1) is 11.4 Å². The quantitative estimate of drug-likeness (QED) is 0.886. The lowest BCUT2D eigenvalue weighted by Crippen LogP contribution is -2.24. The standard InChI is InChI=1S/C10H13N3O2S2/c1-7-10(8(2)13-12-7)17(14,15)11-5-9-3-4-16-6-9/h3-4,6,11H,5H2,1-2H3,(H,12,13). The number of aryl methyl sites for hydroxylation is 2. The number of sulfonamides is 1. The zero-order valence-electron chi connectivity index (χ0n) is 9.52. The maximum atomic E-state index is 12.1. The molecule has 2 aromatic heterocycles. The molecule has 0 bridgehead atoms. The lowest BCUT2D eigenvalue weighted by molar-refractivity contribution is 0.580. The van der Waals surface area contributed by atoms with Crippen LogP contribution >= 0.6 is 11.3 Å². The molecule has 2 N–H and O–H groups in total. The fourth-order valence-electron chi connectivity index (χ4n) is 1.58. The molecular weight excluding hydrogens is 258 g/mol. The van der Waals surface area contributed by atoms with Gasteiger partial charge in [-0.25, -0.2) is 13.1 Å². The van der Waals surface area contributed by atoms with Crippen LogP contribution in [0.3, 0.4) is 0 Å². The van der Waals surface area contributed by atoms with Crippen LogP contribution in [0.1, 0.15) is 17.0 Å². The van der Waals surface area contributed by atoms with E-state index in [1.54, 1.807) is 25.2 Å². The lowest BCUT2D eigenvalue weighted by Gasteiger charge is -2.05. The predicted molar refractivity (Wildman–Crippen MR) is 66.4 cm³/mol. The van der Waals surface area contributed by atoms with Crippen LogP contribution in [0.25, 0.3) is 0 Å². The third kappa shape index (κ3) is 2.56. The number of H-pyrrole nitrogens is 1. The number of thiophene rings is 1. The molecule has 2 aromatic rings. The molecule has 0 amide bonds. The molecule has 0 saturated heterocycles. The second-order valence-corrected chi connectivity index (χ2v) is 6.20. The highest BCUT2D eigenvalue weighted by Crippen LogP contribution is 2.17. The van der Waals surface area contributed by atoms with Crippen LogP contribution in [0.4, 0.5) is 0 Å². The monoisotopic (exact) mass is 271 g/mol. The number of nitrogens with one attached hydrogen (secondary N) is 2. The first kappa shape index (κ1) is 12.3. The number of aromatic nitrogens is 2. The third-order valence-electron chi connectivity index (χ3n) is 2.38. The highest BCUT2D eigenvalue weighted by Gasteiger charge is 2.21. The van der Waals surface area contributed by atoms with Gasteiger partial charge >= 0.3 is 0 Å². The van der Waals surface area contributed by atoms with Gasteiger partial charge < -0.3 is 0 Å². The molecule has 0 aromatic carbocycles. The van der Waals surface area contributed by atoms with Crippen molar-refractivity contribution in [3.8, 4) is 0 Å². The summed E-state index contributed by atoms with van der Waals surface area (Å²) in [7, 11) is -3.49. The molecule has 0 atom stereocenters. The van der Waals surface area contributed by atoms with Crippen LogP contribution < -0.4 is 4.72 Å². The Kier molecular flexibility index (Phi) is 3.32. The largest absolute Gasteiger partial charge is 0.281 e. The molecule has 0 aliphatic carbocycles. The minimum atomic E-state index is -3.49. The summed E-state index contributed by atoms with van der Waals surface area (Å²) in [6.07, 6.45) is 0. The second kappa shape index (κ2) is 4.59. The van der Waals surface area contributed by atoms with Crippen molar-refractivity contribution in [3.05, 3.63) is 33.8 Å². The first-order valence-electron chi connectivity index (χ1n) is 5.03. The summed E-state index contributed by atoms with van der Waals surface area (Å²) in [6.45, 7) is 3.66. The van der Waals surface area contributed by atoms with E-state index in [-0.39, 0.29) is 4.90 Å². The molecule has 5 nitrogen and oxygen atoms in total. The fraction of sp³-hybridized carbons (Fsp3) is 0.300. The Labute approximate surface area is 104 Å². The van der Waals surface area contributed by atoms with Crippen molar-refractivity contribution >= 4 is 21.4 Å². The van der Waals surface area contributed by atoms with E-state index in [1.165, 1.54) is 0 Å². The van der Waals surface area contributed by atoms with Crippen LogP contribution in [-0.2, 0) is 16.6 Å². The van der Waals surface area contributed by atoms with Crippen LogP contribution in [-0.4, -0.2) is 18.6 Å². The molecule has 0 saturated carbocycles. The van der Waals surface area contributed by atoms with Gasteiger partial charge in [0, 0.05) is 6.54 Å². The van der Waals surface area contributed by atoms with E-state index in [0.29, 0.717) is 17.9 Å². The molecule has 7 heteroatoms. The van der Waals surface area contributed by atoms with Crippen molar-refractivity contribution in [2.45, 2.75) is 25.3 Å². The predicted octanol–water partition coefficient (Wildman–Crippen LogP) is 1.57. The SMILES string of the molecule is Cc1n[nH]c(C)c1S(=O)(=O)NCc1ccsc1. The molecule has 0 radical (unpaired) electrons. The summed E-state index contributed by atoms with van der Waals surface area (Å²) in [5, 5.41) is 10.4. The minimum Gasteiger partial charge on any atom is -0.281 e. The molecule has 92 valence electrons. The zero-order valence-corrected chi connectivity index (χ0v) is 11.2. The Morgan fingerprint density at radius 3 is 2.76 bits per heavy atom. The van der Waals surface area contributed by atoms with Gasteiger partial charge in [0.2, 0.25) is 10.0 Å². The molecule has 0 aliphatic rings. The molecule has 0 spiro atoms. The van der Waals surface area contributed by atoms with Crippen molar-refractivity contribution in [2.24, 2.45) is 0 Å². The maximum Gasteiger partial charge on any atom is 0.244 e. The number of nitrogens with zero attached hydrogens (tertiary/aromatic N) is 1. The van der Waals surface area contributed by atoms with E-state index in [2.05, 4.69) is 14.9 Å². The lowest BCUT2D eigenvalue weighted by atomic mass is 10.4. The normalized spacial score (nSPS) is 11.9. The van der Waals surface area contributed by atoms with E-state index >= 15 is 0 Å². The number of hydrogen-bond donors (Lipinski definition) is 2. The van der Waals surface area contributed by atoms with E-state index in [1.807, 2.05) is 16.8 Å². The Hall–Kier alpha value is -1.18. The topological polar surface area (TPSA) is 74.8 Å². The molecule has 17 heavy (non-hydrogen) atoms. The van der Waals surface area contributed by atoms with Crippen LogP contribution in [0.15, 0.2) is 21.7 Å². The van der Waals surface area contributed by atoms with Gasteiger partial charge in [-0.15, -0.1) is 0 Å². The van der Waals surface area contributed by atoms with Crippen molar-refractivity contribution in [2.75, 3.05) is 0 Å². The number of aromatic amines is 1. The fourth-order valence-corrected chi connectivity index (χ4v) is 3.63. The van der Waals surface area contributed by atoms with Crippen molar-refractivity contribution < 1.29 is 8.42 Å². The maximum absolute atomic E-state index is 12.1. The smallest absolute Gasteiger partial charge is 0.244 e. The van der Waals surface area contributed by atoms with Gasteiger partial charge in [-0.1, -0.05) is 0 Å². The van der Waals surface area contributed by atoms with Crippen LogP contribution in [0, 0.1) is 13.8 Å². The molecule has 0 unspecified atom stereocenters. The summed E-state index contributed by atoms with van der Waals surface area (Å²) >= 11 is 1.54. The zero-order chi connectivity index (χ0) is 12.5. The molecule has 0 aliphatic heterocycles. The van der Waals surface area contributed by atoms with Crippen molar-refractivity contribution in [3.63, 3.8) is 0 Å². The summed E-state index contributed by atoms with van der Waals surface area (Å²) in [5.41, 5.74) is 2.00. The van der Waals surface area contributed by atoms with Gasteiger partial charge in [0.25, 0.3) is 0 Å². The van der Waals surface area contributed by atoms with Gasteiger partial charge in [-0.05, 0) is 36.2 Å². The summed E-state index contributed by atoms with van der Waals surface area (Å²) in [5.74, 6) is 0. The molecule has 2 heterocycles. The first-order chi connectivity index (χ1) is 8.00. The third-order valence-corrected chi connectivity index (χ3v) is 4.77. The van der Waals surface area contributed by atoms with Crippen molar-refractivity contribution in [1.29, 1.82) is 0 Å². The Morgan fingerprint density at radius 1 is 1.47 bits per heavy atom. The van der Waals surface area contributed by atoms with Gasteiger partial charge in [-0.3, -0.25) is 5.10 Å². The average molecular weight is 271 g/mol. The Morgan fingerprint density at radius 2 is 2.24 bits per heavy atom.